The SMILES string of the molecule is COc1ccc(-n2c(SCC(=O)Nc3ccc4c(c3)OCCCO4)nnc2-c2ccncc2)cc1. The number of fused-ring (bicyclic) bond motifs is 1. The molecule has 0 unspecified atom stereocenters. The highest BCUT2D eigenvalue weighted by Gasteiger charge is 2.18. The second-order valence-electron chi connectivity index (χ2n) is 7.62. The third-order valence-electron chi connectivity index (χ3n) is 5.27. The molecule has 5 rings (SSSR count). The maximum atomic E-state index is 12.7. The van der Waals surface area contributed by atoms with Crippen LogP contribution in [-0.4, -0.2) is 51.7 Å². The van der Waals surface area contributed by atoms with Gasteiger partial charge in [-0.05, 0) is 48.5 Å². The first-order chi connectivity index (χ1) is 17.2. The van der Waals surface area contributed by atoms with E-state index in [0.717, 1.165) is 23.4 Å². The number of ether oxygens (including phenoxy) is 3. The number of nitrogens with zero attached hydrogens (tertiary/aromatic N) is 4. The van der Waals surface area contributed by atoms with Gasteiger partial charge in [-0.15, -0.1) is 10.2 Å². The largest absolute Gasteiger partial charge is 0.497 e. The number of aromatic nitrogens is 4. The first-order valence-electron chi connectivity index (χ1n) is 11.0. The summed E-state index contributed by atoms with van der Waals surface area (Å²) in [4.78, 5) is 16.8. The number of benzene rings is 2. The van der Waals surface area contributed by atoms with Gasteiger partial charge in [0.25, 0.3) is 0 Å². The summed E-state index contributed by atoms with van der Waals surface area (Å²) in [6.45, 7) is 1.20. The monoisotopic (exact) mass is 489 g/mol. The van der Waals surface area contributed by atoms with Crippen LogP contribution in [0.15, 0.2) is 72.1 Å². The molecule has 0 atom stereocenters. The van der Waals surface area contributed by atoms with E-state index in [1.807, 2.05) is 47.0 Å². The van der Waals surface area contributed by atoms with E-state index in [9.17, 15) is 4.79 Å². The van der Waals surface area contributed by atoms with Gasteiger partial charge in [0.2, 0.25) is 5.91 Å². The van der Waals surface area contributed by atoms with Gasteiger partial charge in [-0.1, -0.05) is 11.8 Å². The predicted octanol–water partition coefficient (Wildman–Crippen LogP) is 4.23. The minimum absolute atomic E-state index is 0.152. The van der Waals surface area contributed by atoms with Crippen molar-refractivity contribution in [3.63, 3.8) is 0 Å². The molecule has 2 aromatic heterocycles. The van der Waals surface area contributed by atoms with Gasteiger partial charge in [0.15, 0.2) is 22.5 Å². The number of amides is 1. The first-order valence-corrected chi connectivity index (χ1v) is 12.0. The van der Waals surface area contributed by atoms with Crippen molar-refractivity contribution in [3.05, 3.63) is 67.0 Å². The number of thioether (sulfide) groups is 1. The van der Waals surface area contributed by atoms with Crippen LogP contribution in [0.25, 0.3) is 17.1 Å². The van der Waals surface area contributed by atoms with E-state index in [2.05, 4.69) is 20.5 Å². The van der Waals surface area contributed by atoms with Gasteiger partial charge < -0.3 is 19.5 Å². The summed E-state index contributed by atoms with van der Waals surface area (Å²) in [5.74, 6) is 2.71. The predicted molar refractivity (Wildman–Crippen MR) is 133 cm³/mol. The standard InChI is InChI=1S/C25H23N5O4S/c1-32-20-6-4-19(5-7-20)30-24(17-9-11-26-12-10-17)28-29-25(30)35-16-23(31)27-18-3-8-21-22(15-18)34-14-2-13-33-21/h3-12,15H,2,13-14,16H2,1H3,(H,27,31). The van der Waals surface area contributed by atoms with E-state index >= 15 is 0 Å². The number of hydrogen-bond acceptors (Lipinski definition) is 8. The maximum absolute atomic E-state index is 12.7. The number of methoxy groups -OCH3 is 1. The van der Waals surface area contributed by atoms with Crippen LogP contribution < -0.4 is 19.5 Å². The van der Waals surface area contributed by atoms with E-state index in [4.69, 9.17) is 14.2 Å². The molecule has 0 aliphatic carbocycles. The van der Waals surface area contributed by atoms with Crippen LogP contribution in [-0.2, 0) is 4.79 Å². The zero-order valence-electron chi connectivity index (χ0n) is 19.0. The molecule has 3 heterocycles. The summed E-state index contributed by atoms with van der Waals surface area (Å²) in [5, 5.41) is 12.3. The lowest BCUT2D eigenvalue weighted by Crippen LogP contribution is -2.14. The van der Waals surface area contributed by atoms with Crippen molar-refractivity contribution >= 4 is 23.4 Å². The Hall–Kier alpha value is -4.05. The van der Waals surface area contributed by atoms with Gasteiger partial charge in [0, 0.05) is 41.8 Å². The van der Waals surface area contributed by atoms with Gasteiger partial charge in [-0.2, -0.15) is 0 Å². The summed E-state index contributed by atoms with van der Waals surface area (Å²) in [6.07, 6.45) is 4.24. The summed E-state index contributed by atoms with van der Waals surface area (Å²) in [7, 11) is 1.62. The molecule has 0 spiro atoms. The maximum Gasteiger partial charge on any atom is 0.234 e. The normalized spacial score (nSPS) is 12.6. The molecule has 1 amide bonds. The van der Waals surface area contributed by atoms with Gasteiger partial charge >= 0.3 is 0 Å². The van der Waals surface area contributed by atoms with E-state index in [0.29, 0.717) is 41.4 Å². The minimum atomic E-state index is -0.167. The molecule has 4 aromatic rings. The molecule has 9 nitrogen and oxygen atoms in total. The van der Waals surface area contributed by atoms with Gasteiger partial charge in [-0.3, -0.25) is 14.3 Å². The fourth-order valence-electron chi connectivity index (χ4n) is 3.58. The van der Waals surface area contributed by atoms with Crippen molar-refractivity contribution in [1.29, 1.82) is 0 Å². The minimum Gasteiger partial charge on any atom is -0.497 e. The molecule has 2 aromatic carbocycles. The van der Waals surface area contributed by atoms with E-state index in [1.54, 1.807) is 31.6 Å². The molecule has 178 valence electrons. The highest BCUT2D eigenvalue weighted by Crippen LogP contribution is 2.33. The molecule has 1 aliphatic heterocycles. The van der Waals surface area contributed by atoms with Crippen LogP contribution in [0.3, 0.4) is 0 Å². The second kappa shape index (κ2) is 10.5. The summed E-state index contributed by atoms with van der Waals surface area (Å²) >= 11 is 1.30. The van der Waals surface area contributed by atoms with E-state index in [-0.39, 0.29) is 11.7 Å². The van der Waals surface area contributed by atoms with Crippen LogP contribution in [0.4, 0.5) is 5.69 Å². The average molecular weight is 490 g/mol. The number of hydrogen-bond donors (Lipinski definition) is 1. The van der Waals surface area contributed by atoms with Crippen LogP contribution in [0, 0.1) is 0 Å². The Kier molecular flexibility index (Phi) is 6.80. The Bertz CT molecular complexity index is 1310. The molecule has 0 radical (unpaired) electrons. The molecule has 1 N–H and O–H groups in total. The molecule has 0 saturated heterocycles. The van der Waals surface area contributed by atoms with Gasteiger partial charge in [0.1, 0.15) is 5.75 Å². The van der Waals surface area contributed by atoms with Crippen LogP contribution >= 0.6 is 11.8 Å². The average Bonchev–Trinajstić information content (AvgIpc) is 3.18. The third kappa shape index (κ3) is 5.22. The third-order valence-corrected chi connectivity index (χ3v) is 6.20. The topological polar surface area (TPSA) is 100 Å². The molecule has 10 heteroatoms. The summed E-state index contributed by atoms with van der Waals surface area (Å²) in [6, 6.07) is 16.7. The summed E-state index contributed by atoms with van der Waals surface area (Å²) < 4.78 is 18.6. The molecular weight excluding hydrogens is 466 g/mol. The van der Waals surface area contributed by atoms with Crippen LogP contribution in [0.2, 0.25) is 0 Å². The fraction of sp³-hybridized carbons (Fsp3) is 0.200. The molecule has 1 aliphatic rings. The Balaban J connectivity index is 1.35. The Labute approximate surface area is 206 Å². The van der Waals surface area contributed by atoms with Crippen LogP contribution in [0.5, 0.6) is 17.2 Å². The zero-order chi connectivity index (χ0) is 24.0. The Morgan fingerprint density at radius 2 is 1.80 bits per heavy atom. The lowest BCUT2D eigenvalue weighted by molar-refractivity contribution is -0.113. The quantitative estimate of drug-likeness (QED) is 0.385. The molecule has 35 heavy (non-hydrogen) atoms. The lowest BCUT2D eigenvalue weighted by Gasteiger charge is -2.12. The lowest BCUT2D eigenvalue weighted by atomic mass is 10.2. The smallest absolute Gasteiger partial charge is 0.234 e. The number of pyridine rings is 1. The first kappa shape index (κ1) is 22.7. The van der Waals surface area contributed by atoms with Gasteiger partial charge in [0.05, 0.1) is 26.1 Å². The highest BCUT2D eigenvalue weighted by molar-refractivity contribution is 7.99. The van der Waals surface area contributed by atoms with Crippen molar-refractivity contribution in [2.24, 2.45) is 0 Å². The molecule has 0 saturated carbocycles. The number of rotatable bonds is 7. The fourth-order valence-corrected chi connectivity index (χ4v) is 4.34. The van der Waals surface area contributed by atoms with Crippen LogP contribution in [0.1, 0.15) is 6.42 Å². The number of carbonyl (C=O) groups is 1. The highest BCUT2D eigenvalue weighted by atomic mass is 32.2. The number of carbonyl (C=O) groups excluding carboxylic acids is 1. The van der Waals surface area contributed by atoms with Crippen molar-refractivity contribution in [1.82, 2.24) is 19.7 Å². The van der Waals surface area contributed by atoms with Crippen molar-refractivity contribution in [2.75, 3.05) is 31.4 Å². The van der Waals surface area contributed by atoms with Crippen molar-refractivity contribution in [2.45, 2.75) is 11.6 Å². The Morgan fingerprint density at radius 1 is 1.03 bits per heavy atom. The Morgan fingerprint density at radius 3 is 2.57 bits per heavy atom. The number of nitrogens with one attached hydrogen (secondary N) is 1. The molecular formula is C25H23N5O4S. The molecule has 0 bridgehead atoms. The number of anilines is 1. The zero-order valence-corrected chi connectivity index (χ0v) is 19.8. The van der Waals surface area contributed by atoms with E-state index in [1.165, 1.54) is 11.8 Å². The van der Waals surface area contributed by atoms with Crippen molar-refractivity contribution in [3.8, 4) is 34.3 Å². The molecule has 0 fully saturated rings. The second-order valence-corrected chi connectivity index (χ2v) is 8.57. The summed E-state index contributed by atoms with van der Waals surface area (Å²) in [5.41, 5.74) is 2.37. The van der Waals surface area contributed by atoms with Crippen molar-refractivity contribution < 1.29 is 19.0 Å². The van der Waals surface area contributed by atoms with Gasteiger partial charge in [-0.25, -0.2) is 0 Å². The van der Waals surface area contributed by atoms with E-state index < -0.39 is 0 Å².